The summed E-state index contributed by atoms with van der Waals surface area (Å²) in [7, 11) is 3.27. The molecule has 0 aliphatic carbocycles. The van der Waals surface area contributed by atoms with E-state index in [4.69, 9.17) is 4.74 Å². The monoisotopic (exact) mass is 247 g/mol. The van der Waals surface area contributed by atoms with Crippen molar-refractivity contribution in [3.63, 3.8) is 0 Å². The van der Waals surface area contributed by atoms with E-state index in [1.54, 1.807) is 14.2 Å². The lowest BCUT2D eigenvalue weighted by molar-refractivity contribution is 0.0772. The van der Waals surface area contributed by atoms with Gasteiger partial charge >= 0.3 is 0 Å². The maximum absolute atomic E-state index is 11.9. The minimum atomic E-state index is -0.297. The molecule has 2 aromatic rings. The van der Waals surface area contributed by atoms with Crippen molar-refractivity contribution in [1.82, 2.24) is 25.5 Å². The molecule has 0 radical (unpaired) electrons. The average molecular weight is 247 g/mol. The van der Waals surface area contributed by atoms with Gasteiger partial charge in [0.1, 0.15) is 5.75 Å². The highest BCUT2D eigenvalue weighted by molar-refractivity contribution is 5.89. The topological polar surface area (TPSA) is 84.0 Å². The lowest BCUT2D eigenvalue weighted by atomic mass is 10.2. The number of carbonyl (C=O) groups excluding carboxylic acids is 1. The molecule has 2 rings (SSSR count). The van der Waals surface area contributed by atoms with Crippen molar-refractivity contribution >= 4 is 5.91 Å². The molecule has 0 fully saturated rings. The molecule has 0 aliphatic rings. The molecule has 0 unspecified atom stereocenters. The molecular weight excluding hydrogens is 234 g/mol. The summed E-state index contributed by atoms with van der Waals surface area (Å²) in [4.78, 5) is 13.4. The molecule has 0 saturated carbocycles. The first-order valence-corrected chi connectivity index (χ1v) is 5.33. The van der Waals surface area contributed by atoms with E-state index in [-0.39, 0.29) is 11.7 Å². The fourth-order valence-electron chi connectivity index (χ4n) is 1.58. The molecule has 94 valence electrons. The number of hydrogen-bond donors (Lipinski definition) is 1. The van der Waals surface area contributed by atoms with Gasteiger partial charge in [-0.1, -0.05) is 18.2 Å². The lowest BCUT2D eigenvalue weighted by Crippen LogP contribution is -2.27. The van der Waals surface area contributed by atoms with E-state index in [1.165, 1.54) is 4.90 Å². The Labute approximate surface area is 104 Å². The van der Waals surface area contributed by atoms with Crippen LogP contribution in [0, 0.1) is 0 Å². The van der Waals surface area contributed by atoms with Crippen LogP contribution in [0.25, 0.3) is 0 Å². The van der Waals surface area contributed by atoms with Gasteiger partial charge in [0.05, 0.1) is 7.11 Å². The third-order valence-electron chi connectivity index (χ3n) is 2.48. The van der Waals surface area contributed by atoms with Gasteiger partial charge in [-0.15, -0.1) is 10.2 Å². The van der Waals surface area contributed by atoms with Crippen molar-refractivity contribution in [2.75, 3.05) is 14.2 Å². The van der Waals surface area contributed by atoms with E-state index in [0.29, 0.717) is 6.54 Å². The van der Waals surface area contributed by atoms with Crippen LogP contribution in [0.5, 0.6) is 5.75 Å². The molecule has 7 heteroatoms. The second-order valence-electron chi connectivity index (χ2n) is 3.71. The smallest absolute Gasteiger partial charge is 0.295 e. The van der Waals surface area contributed by atoms with Gasteiger partial charge in [0, 0.05) is 19.2 Å². The number of aromatic amines is 1. The van der Waals surface area contributed by atoms with Gasteiger partial charge in [-0.25, -0.2) is 0 Å². The number of methoxy groups -OCH3 is 1. The van der Waals surface area contributed by atoms with E-state index in [9.17, 15) is 4.79 Å². The third-order valence-corrected chi connectivity index (χ3v) is 2.48. The zero-order chi connectivity index (χ0) is 13.0. The summed E-state index contributed by atoms with van der Waals surface area (Å²) in [5.74, 6) is 0.493. The van der Waals surface area contributed by atoms with E-state index >= 15 is 0 Å². The van der Waals surface area contributed by atoms with Crippen molar-refractivity contribution in [3.05, 3.63) is 35.7 Å². The number of rotatable bonds is 4. The fourth-order valence-corrected chi connectivity index (χ4v) is 1.58. The zero-order valence-electron chi connectivity index (χ0n) is 10.1. The van der Waals surface area contributed by atoms with Gasteiger partial charge in [-0.3, -0.25) is 4.79 Å². The molecule has 0 atom stereocenters. The SMILES string of the molecule is COc1ccccc1CN(C)C(=O)c1nn[nH]n1. The van der Waals surface area contributed by atoms with Crippen LogP contribution < -0.4 is 4.74 Å². The second kappa shape index (κ2) is 5.26. The number of amides is 1. The van der Waals surface area contributed by atoms with Crippen molar-refractivity contribution in [3.8, 4) is 5.75 Å². The molecular formula is C11H13N5O2. The molecule has 18 heavy (non-hydrogen) atoms. The van der Waals surface area contributed by atoms with Crippen LogP contribution >= 0.6 is 0 Å². The van der Waals surface area contributed by atoms with Crippen molar-refractivity contribution in [1.29, 1.82) is 0 Å². The number of nitrogens with one attached hydrogen (secondary N) is 1. The molecule has 1 aromatic heterocycles. The number of carbonyl (C=O) groups is 1. The first-order valence-electron chi connectivity index (χ1n) is 5.33. The number of H-pyrrole nitrogens is 1. The Morgan fingerprint density at radius 3 is 2.89 bits per heavy atom. The highest BCUT2D eigenvalue weighted by Crippen LogP contribution is 2.18. The van der Waals surface area contributed by atoms with Gasteiger partial charge < -0.3 is 9.64 Å². The summed E-state index contributed by atoms with van der Waals surface area (Å²) >= 11 is 0. The molecule has 0 bridgehead atoms. The number of hydrogen-bond acceptors (Lipinski definition) is 5. The summed E-state index contributed by atoms with van der Waals surface area (Å²) in [5, 5.41) is 12.9. The van der Waals surface area contributed by atoms with Crippen LogP contribution in [-0.2, 0) is 6.54 Å². The minimum absolute atomic E-state index is 0.0485. The normalized spacial score (nSPS) is 10.1. The van der Waals surface area contributed by atoms with Gasteiger partial charge in [-0.05, 0) is 11.3 Å². The highest BCUT2D eigenvalue weighted by Gasteiger charge is 2.17. The Kier molecular flexibility index (Phi) is 3.52. The summed E-state index contributed by atoms with van der Waals surface area (Å²) in [6, 6.07) is 7.52. The second-order valence-corrected chi connectivity index (χ2v) is 3.71. The van der Waals surface area contributed by atoms with Crippen LogP contribution in [0.4, 0.5) is 0 Å². The highest BCUT2D eigenvalue weighted by atomic mass is 16.5. The van der Waals surface area contributed by atoms with Gasteiger partial charge in [0.25, 0.3) is 11.7 Å². The maximum Gasteiger partial charge on any atom is 0.295 e. The summed E-state index contributed by atoms with van der Waals surface area (Å²) in [6.45, 7) is 0.414. The number of benzene rings is 1. The summed E-state index contributed by atoms with van der Waals surface area (Å²) in [6.07, 6.45) is 0. The number of nitrogens with zero attached hydrogens (tertiary/aromatic N) is 4. The van der Waals surface area contributed by atoms with Crippen LogP contribution in [-0.4, -0.2) is 45.6 Å². The van der Waals surface area contributed by atoms with Crippen molar-refractivity contribution in [2.24, 2.45) is 0 Å². The Morgan fingerprint density at radius 1 is 1.44 bits per heavy atom. The number of para-hydroxylation sites is 1. The Hall–Kier alpha value is -2.44. The molecule has 1 heterocycles. The summed E-state index contributed by atoms with van der Waals surface area (Å²) < 4.78 is 5.23. The minimum Gasteiger partial charge on any atom is -0.496 e. The first-order chi connectivity index (χ1) is 8.72. The molecule has 0 spiro atoms. The number of ether oxygens (including phenoxy) is 1. The molecule has 7 nitrogen and oxygen atoms in total. The van der Waals surface area contributed by atoms with Gasteiger partial charge in [0.15, 0.2) is 0 Å². The maximum atomic E-state index is 11.9. The fraction of sp³-hybridized carbons (Fsp3) is 0.273. The average Bonchev–Trinajstić information content (AvgIpc) is 2.92. The van der Waals surface area contributed by atoms with Crippen LogP contribution in [0.15, 0.2) is 24.3 Å². The van der Waals surface area contributed by atoms with Crippen molar-refractivity contribution < 1.29 is 9.53 Å². The van der Waals surface area contributed by atoms with Crippen molar-refractivity contribution in [2.45, 2.75) is 6.54 Å². The van der Waals surface area contributed by atoms with Crippen LogP contribution in [0.2, 0.25) is 0 Å². The molecule has 0 aliphatic heterocycles. The molecule has 1 N–H and O–H groups in total. The van der Waals surface area contributed by atoms with E-state index < -0.39 is 0 Å². The Bertz CT molecular complexity index is 526. The molecule has 0 saturated heterocycles. The predicted molar refractivity (Wildman–Crippen MR) is 63.0 cm³/mol. The third kappa shape index (κ3) is 2.45. The number of tetrazole rings is 1. The van der Waals surface area contributed by atoms with E-state index in [1.807, 2.05) is 24.3 Å². The standard InChI is InChI=1S/C11H13N5O2/c1-16(11(17)10-12-14-15-13-10)7-8-5-3-4-6-9(8)18-2/h3-6H,7H2,1-2H3,(H,12,13,14,15). The Morgan fingerprint density at radius 2 is 2.22 bits per heavy atom. The predicted octanol–water partition coefficient (Wildman–Crippen LogP) is 0.480. The summed E-state index contributed by atoms with van der Waals surface area (Å²) in [5.41, 5.74) is 0.916. The molecule has 1 amide bonds. The largest absolute Gasteiger partial charge is 0.496 e. The molecule has 1 aromatic carbocycles. The van der Waals surface area contributed by atoms with E-state index in [0.717, 1.165) is 11.3 Å². The Balaban J connectivity index is 2.11. The van der Waals surface area contributed by atoms with Crippen LogP contribution in [0.3, 0.4) is 0 Å². The quantitative estimate of drug-likeness (QED) is 0.849. The lowest BCUT2D eigenvalue weighted by Gasteiger charge is -2.16. The zero-order valence-corrected chi connectivity index (χ0v) is 10.1. The van der Waals surface area contributed by atoms with E-state index in [2.05, 4.69) is 20.6 Å². The number of aromatic nitrogens is 4. The van der Waals surface area contributed by atoms with Crippen LogP contribution in [0.1, 0.15) is 16.2 Å². The van der Waals surface area contributed by atoms with Gasteiger partial charge in [-0.2, -0.15) is 5.21 Å². The van der Waals surface area contributed by atoms with Gasteiger partial charge in [0.2, 0.25) is 0 Å². The first kappa shape index (κ1) is 12.0.